The molecular formula is C13H26O3. The van der Waals surface area contributed by atoms with E-state index in [1.807, 2.05) is 0 Å². The molecule has 0 radical (unpaired) electrons. The molecule has 0 saturated carbocycles. The van der Waals surface area contributed by atoms with Crippen LogP contribution in [0.1, 0.15) is 71.1 Å². The van der Waals surface area contributed by atoms with Gasteiger partial charge in [-0.25, -0.2) is 0 Å². The summed E-state index contributed by atoms with van der Waals surface area (Å²) in [5, 5.41) is 17.8. The number of aliphatic hydroxyl groups excluding tert-OH is 1. The SMILES string of the molecule is CCCCCCCCCC[C@@H](O)CC(=O)O. The molecule has 1 atom stereocenters. The topological polar surface area (TPSA) is 57.5 Å². The van der Waals surface area contributed by atoms with E-state index in [1.54, 1.807) is 0 Å². The average molecular weight is 230 g/mol. The third-order valence-electron chi connectivity index (χ3n) is 2.80. The summed E-state index contributed by atoms with van der Waals surface area (Å²) in [7, 11) is 0. The van der Waals surface area contributed by atoms with Crippen molar-refractivity contribution in [2.75, 3.05) is 0 Å². The molecule has 16 heavy (non-hydrogen) atoms. The minimum absolute atomic E-state index is 0.115. The second-order valence-corrected chi connectivity index (χ2v) is 4.52. The van der Waals surface area contributed by atoms with Crippen LogP contribution in [0, 0.1) is 0 Å². The van der Waals surface area contributed by atoms with Gasteiger partial charge >= 0.3 is 5.97 Å². The minimum atomic E-state index is -0.910. The molecule has 96 valence electrons. The van der Waals surface area contributed by atoms with Gasteiger partial charge in [0.05, 0.1) is 12.5 Å². The highest BCUT2D eigenvalue weighted by atomic mass is 16.4. The molecule has 0 bridgehead atoms. The maximum Gasteiger partial charge on any atom is 0.305 e. The number of carbonyl (C=O) groups is 1. The van der Waals surface area contributed by atoms with Crippen LogP contribution in [0.25, 0.3) is 0 Å². The molecule has 3 heteroatoms. The van der Waals surface area contributed by atoms with E-state index in [1.165, 1.54) is 38.5 Å². The smallest absolute Gasteiger partial charge is 0.305 e. The van der Waals surface area contributed by atoms with E-state index in [9.17, 15) is 9.90 Å². The molecule has 2 N–H and O–H groups in total. The van der Waals surface area contributed by atoms with Crippen LogP contribution in [0.15, 0.2) is 0 Å². The highest BCUT2D eigenvalue weighted by molar-refractivity contribution is 5.67. The lowest BCUT2D eigenvalue weighted by atomic mass is 10.0. The number of aliphatic carboxylic acids is 1. The van der Waals surface area contributed by atoms with Gasteiger partial charge in [-0.05, 0) is 6.42 Å². The van der Waals surface area contributed by atoms with Crippen molar-refractivity contribution in [3.63, 3.8) is 0 Å². The fourth-order valence-electron chi connectivity index (χ4n) is 1.82. The first-order valence-corrected chi connectivity index (χ1v) is 6.56. The van der Waals surface area contributed by atoms with Gasteiger partial charge in [0.2, 0.25) is 0 Å². The fraction of sp³-hybridized carbons (Fsp3) is 0.923. The van der Waals surface area contributed by atoms with Crippen molar-refractivity contribution < 1.29 is 15.0 Å². The number of hydrogen-bond donors (Lipinski definition) is 2. The number of unbranched alkanes of at least 4 members (excludes halogenated alkanes) is 7. The second-order valence-electron chi connectivity index (χ2n) is 4.52. The summed E-state index contributed by atoms with van der Waals surface area (Å²) in [5.74, 6) is -0.910. The summed E-state index contributed by atoms with van der Waals surface area (Å²) in [4.78, 5) is 10.3. The van der Waals surface area contributed by atoms with Gasteiger partial charge in [0.25, 0.3) is 0 Å². The van der Waals surface area contributed by atoms with Crippen LogP contribution < -0.4 is 0 Å². The average Bonchev–Trinajstić information content (AvgIpc) is 2.21. The van der Waals surface area contributed by atoms with E-state index in [0.29, 0.717) is 6.42 Å². The molecule has 0 aliphatic heterocycles. The number of aliphatic hydroxyl groups is 1. The molecule has 0 aromatic carbocycles. The van der Waals surface area contributed by atoms with E-state index in [4.69, 9.17) is 5.11 Å². The third-order valence-corrected chi connectivity index (χ3v) is 2.80. The zero-order chi connectivity index (χ0) is 12.2. The lowest BCUT2D eigenvalue weighted by molar-refractivity contribution is -0.139. The largest absolute Gasteiger partial charge is 0.481 e. The molecule has 0 aromatic rings. The van der Waals surface area contributed by atoms with Gasteiger partial charge < -0.3 is 10.2 Å². The van der Waals surface area contributed by atoms with E-state index in [2.05, 4.69) is 6.92 Å². The predicted molar refractivity (Wildman–Crippen MR) is 65.5 cm³/mol. The molecule has 0 aliphatic rings. The Hall–Kier alpha value is -0.570. The van der Waals surface area contributed by atoms with Gasteiger partial charge in [-0.2, -0.15) is 0 Å². The Bertz CT molecular complexity index is 169. The molecule has 0 aromatic heterocycles. The molecule has 0 fully saturated rings. The summed E-state index contributed by atoms with van der Waals surface area (Å²) in [5.41, 5.74) is 0. The Morgan fingerprint density at radius 1 is 1.00 bits per heavy atom. The van der Waals surface area contributed by atoms with Gasteiger partial charge in [-0.15, -0.1) is 0 Å². The van der Waals surface area contributed by atoms with Crippen LogP contribution in [0.2, 0.25) is 0 Å². The molecule has 0 rings (SSSR count). The van der Waals surface area contributed by atoms with E-state index in [0.717, 1.165) is 12.8 Å². The number of rotatable bonds is 11. The van der Waals surface area contributed by atoms with E-state index in [-0.39, 0.29) is 6.42 Å². The molecule has 0 unspecified atom stereocenters. The van der Waals surface area contributed by atoms with Crippen molar-refractivity contribution in [1.29, 1.82) is 0 Å². The van der Waals surface area contributed by atoms with Gasteiger partial charge in [-0.3, -0.25) is 4.79 Å². The van der Waals surface area contributed by atoms with E-state index < -0.39 is 12.1 Å². The maximum atomic E-state index is 10.3. The Balaban J connectivity index is 3.11. The van der Waals surface area contributed by atoms with E-state index >= 15 is 0 Å². The third kappa shape index (κ3) is 11.5. The molecule has 0 heterocycles. The number of carboxylic acids is 1. The first kappa shape index (κ1) is 15.4. The molecular weight excluding hydrogens is 204 g/mol. The van der Waals surface area contributed by atoms with Crippen LogP contribution >= 0.6 is 0 Å². The number of carboxylic acid groups (broad SMARTS) is 1. The van der Waals surface area contributed by atoms with Crippen molar-refractivity contribution in [3.8, 4) is 0 Å². The lowest BCUT2D eigenvalue weighted by Crippen LogP contribution is -2.12. The minimum Gasteiger partial charge on any atom is -0.481 e. The summed E-state index contributed by atoms with van der Waals surface area (Å²) in [6, 6.07) is 0. The molecule has 0 aliphatic carbocycles. The number of hydrogen-bond acceptors (Lipinski definition) is 2. The predicted octanol–water partition coefficient (Wildman–Crippen LogP) is 3.35. The first-order chi connectivity index (χ1) is 7.66. The van der Waals surface area contributed by atoms with Crippen LogP contribution in [0.5, 0.6) is 0 Å². The van der Waals surface area contributed by atoms with Crippen molar-refractivity contribution in [2.24, 2.45) is 0 Å². The van der Waals surface area contributed by atoms with Gasteiger partial charge in [0.1, 0.15) is 0 Å². The van der Waals surface area contributed by atoms with Gasteiger partial charge in [-0.1, -0.05) is 58.3 Å². The summed E-state index contributed by atoms with van der Waals surface area (Å²) >= 11 is 0. The standard InChI is InChI=1S/C13H26O3/c1-2-3-4-5-6-7-8-9-10-12(14)11-13(15)16/h12,14H,2-11H2,1H3,(H,15,16)/t12-/m1/s1. The summed E-state index contributed by atoms with van der Waals surface area (Å²) < 4.78 is 0. The molecule has 0 saturated heterocycles. The van der Waals surface area contributed by atoms with Crippen LogP contribution in [-0.2, 0) is 4.79 Å². The molecule has 3 nitrogen and oxygen atoms in total. The van der Waals surface area contributed by atoms with Crippen molar-refractivity contribution in [1.82, 2.24) is 0 Å². The van der Waals surface area contributed by atoms with Crippen molar-refractivity contribution >= 4 is 5.97 Å². The first-order valence-electron chi connectivity index (χ1n) is 6.56. The van der Waals surface area contributed by atoms with Crippen LogP contribution in [0.4, 0.5) is 0 Å². The zero-order valence-electron chi connectivity index (χ0n) is 10.5. The molecule has 0 spiro atoms. The summed E-state index contributed by atoms with van der Waals surface area (Å²) in [6.45, 7) is 2.21. The van der Waals surface area contributed by atoms with Gasteiger partial charge in [0.15, 0.2) is 0 Å². The lowest BCUT2D eigenvalue weighted by Gasteiger charge is -2.07. The highest BCUT2D eigenvalue weighted by Crippen LogP contribution is 2.11. The van der Waals surface area contributed by atoms with Gasteiger partial charge in [0, 0.05) is 0 Å². The quantitative estimate of drug-likeness (QED) is 0.535. The fourth-order valence-corrected chi connectivity index (χ4v) is 1.82. The molecule has 0 amide bonds. The van der Waals surface area contributed by atoms with Crippen molar-refractivity contribution in [3.05, 3.63) is 0 Å². The monoisotopic (exact) mass is 230 g/mol. The normalized spacial score (nSPS) is 12.6. The zero-order valence-corrected chi connectivity index (χ0v) is 10.5. The Morgan fingerprint density at radius 3 is 2.00 bits per heavy atom. The van der Waals surface area contributed by atoms with Crippen LogP contribution in [0.3, 0.4) is 0 Å². The Morgan fingerprint density at radius 2 is 1.50 bits per heavy atom. The Labute approximate surface area is 98.9 Å². The summed E-state index contributed by atoms with van der Waals surface area (Å²) in [6.07, 6.45) is 9.65. The second kappa shape index (κ2) is 10.9. The maximum absolute atomic E-state index is 10.3. The Kier molecular flexibility index (Phi) is 10.5. The highest BCUT2D eigenvalue weighted by Gasteiger charge is 2.08. The van der Waals surface area contributed by atoms with Crippen molar-refractivity contribution in [2.45, 2.75) is 77.2 Å². The van der Waals surface area contributed by atoms with Crippen LogP contribution in [-0.4, -0.2) is 22.3 Å².